The molecule has 15 heavy (non-hydrogen) atoms. The second-order valence-corrected chi connectivity index (χ2v) is 2.27. The van der Waals surface area contributed by atoms with E-state index in [1.54, 1.807) is 0 Å². The molecular weight excluding hydrogens is 215 g/mol. The van der Waals surface area contributed by atoms with Crippen LogP contribution in [0.3, 0.4) is 0 Å². The minimum atomic E-state index is -1.35. The van der Waals surface area contributed by atoms with E-state index in [9.17, 15) is 9.59 Å². The Bertz CT molecular complexity index is 298. The standard InChI is InChI=1S/C6H10N4O4.Na/c7-6(8)10-9-3(5(13)14)1-2-4(11)12;/h1-2H2,(H,11,12)(H,13,14)(H4,7,8,10);/q;+1/b9-3-;. The molecule has 0 bridgehead atoms. The van der Waals surface area contributed by atoms with E-state index in [1.165, 1.54) is 0 Å². The van der Waals surface area contributed by atoms with Crippen LogP contribution in [-0.4, -0.2) is 33.8 Å². The van der Waals surface area contributed by atoms with E-state index in [4.69, 9.17) is 21.7 Å². The van der Waals surface area contributed by atoms with Gasteiger partial charge in [-0.3, -0.25) is 4.79 Å². The van der Waals surface area contributed by atoms with Crippen LogP contribution >= 0.6 is 0 Å². The fourth-order valence-corrected chi connectivity index (χ4v) is 0.543. The Morgan fingerprint density at radius 3 is 1.93 bits per heavy atom. The van der Waals surface area contributed by atoms with Gasteiger partial charge in [0.25, 0.3) is 0 Å². The molecule has 0 heterocycles. The molecule has 0 aliphatic heterocycles. The van der Waals surface area contributed by atoms with Gasteiger partial charge in [-0.2, -0.15) is 0 Å². The van der Waals surface area contributed by atoms with Crippen molar-refractivity contribution < 1.29 is 49.4 Å². The number of hydrogen-bond acceptors (Lipinski definition) is 4. The van der Waals surface area contributed by atoms with Crippen molar-refractivity contribution in [3.8, 4) is 0 Å². The minimum absolute atomic E-state index is 0. The Morgan fingerprint density at radius 1 is 1.07 bits per heavy atom. The Kier molecular flexibility index (Phi) is 8.93. The quantitative estimate of drug-likeness (QED) is 0.160. The number of carbonyl (C=O) groups is 2. The Hall–Kier alpha value is -1.12. The van der Waals surface area contributed by atoms with Crippen LogP contribution < -0.4 is 41.0 Å². The number of rotatable bonds is 5. The van der Waals surface area contributed by atoms with Gasteiger partial charge in [-0.1, -0.05) is 0 Å². The second-order valence-electron chi connectivity index (χ2n) is 2.27. The molecule has 6 N–H and O–H groups in total. The zero-order valence-corrected chi connectivity index (χ0v) is 10.2. The van der Waals surface area contributed by atoms with Crippen LogP contribution in [0.15, 0.2) is 10.2 Å². The zero-order valence-electron chi connectivity index (χ0n) is 8.17. The molecule has 0 aliphatic carbocycles. The van der Waals surface area contributed by atoms with E-state index in [-0.39, 0.29) is 48.4 Å². The molecule has 0 aromatic heterocycles. The third-order valence-corrected chi connectivity index (χ3v) is 1.11. The predicted molar refractivity (Wildman–Crippen MR) is 47.8 cm³/mol. The van der Waals surface area contributed by atoms with E-state index >= 15 is 0 Å². The van der Waals surface area contributed by atoms with Gasteiger partial charge in [-0.15, -0.1) is 10.2 Å². The van der Waals surface area contributed by atoms with Gasteiger partial charge in [0, 0.05) is 6.42 Å². The molecule has 0 rings (SSSR count). The molecule has 0 aromatic carbocycles. The Labute approximate surface area is 107 Å². The third kappa shape index (κ3) is 9.19. The van der Waals surface area contributed by atoms with E-state index in [0.29, 0.717) is 0 Å². The molecule has 0 aliphatic rings. The fourth-order valence-electron chi connectivity index (χ4n) is 0.543. The molecule has 0 radical (unpaired) electrons. The summed E-state index contributed by atoms with van der Waals surface area (Å²) in [6, 6.07) is 0. The molecule has 0 saturated heterocycles. The number of aliphatic carboxylic acids is 2. The maximum atomic E-state index is 10.4. The van der Waals surface area contributed by atoms with Gasteiger partial charge in [-0.25, -0.2) is 4.79 Å². The van der Waals surface area contributed by atoms with Crippen molar-refractivity contribution in [2.45, 2.75) is 12.8 Å². The molecule has 0 atom stereocenters. The maximum Gasteiger partial charge on any atom is 1.00 e. The summed E-state index contributed by atoms with van der Waals surface area (Å²) in [4.78, 5) is 20.6. The van der Waals surface area contributed by atoms with E-state index in [1.807, 2.05) is 0 Å². The first kappa shape index (κ1) is 16.3. The molecule has 0 spiro atoms. The van der Waals surface area contributed by atoms with E-state index in [0.717, 1.165) is 0 Å². The van der Waals surface area contributed by atoms with Crippen molar-refractivity contribution >= 4 is 23.6 Å². The fraction of sp³-hybridized carbons (Fsp3) is 0.333. The number of carboxylic acid groups (broad SMARTS) is 2. The normalized spacial score (nSPS) is 10.0. The first-order valence-electron chi connectivity index (χ1n) is 3.54. The Balaban J connectivity index is 0. The van der Waals surface area contributed by atoms with Gasteiger partial charge in [0.05, 0.1) is 6.42 Å². The summed E-state index contributed by atoms with van der Waals surface area (Å²) < 4.78 is 0. The van der Waals surface area contributed by atoms with Crippen LogP contribution in [0.1, 0.15) is 12.8 Å². The average molecular weight is 225 g/mol. The number of nitrogens with two attached hydrogens (primary N) is 2. The number of carboxylic acids is 2. The van der Waals surface area contributed by atoms with Gasteiger partial charge in [0.1, 0.15) is 5.71 Å². The monoisotopic (exact) mass is 225 g/mol. The molecule has 9 heteroatoms. The first-order valence-corrected chi connectivity index (χ1v) is 3.54. The molecule has 0 amide bonds. The summed E-state index contributed by atoms with van der Waals surface area (Å²) in [7, 11) is 0. The van der Waals surface area contributed by atoms with Crippen molar-refractivity contribution in [3.63, 3.8) is 0 Å². The predicted octanol–water partition coefficient (Wildman–Crippen LogP) is -4.43. The van der Waals surface area contributed by atoms with Crippen LogP contribution in [0.2, 0.25) is 0 Å². The van der Waals surface area contributed by atoms with E-state index in [2.05, 4.69) is 10.2 Å². The number of hydrogen-bond donors (Lipinski definition) is 4. The molecular formula is C6H10N4NaO4+. The second kappa shape index (κ2) is 8.21. The number of guanidine groups is 1. The van der Waals surface area contributed by atoms with Gasteiger partial charge >= 0.3 is 41.5 Å². The van der Waals surface area contributed by atoms with Gasteiger partial charge in [0.15, 0.2) is 0 Å². The molecule has 0 aromatic rings. The molecule has 0 fully saturated rings. The largest absolute Gasteiger partial charge is 1.00 e. The number of nitrogens with zero attached hydrogens (tertiary/aromatic N) is 2. The summed E-state index contributed by atoms with van der Waals surface area (Å²) in [6.07, 6.45) is -0.577. The minimum Gasteiger partial charge on any atom is -0.481 e. The van der Waals surface area contributed by atoms with Crippen molar-refractivity contribution in [2.75, 3.05) is 0 Å². The zero-order chi connectivity index (χ0) is 11.1. The van der Waals surface area contributed by atoms with Crippen molar-refractivity contribution in [2.24, 2.45) is 21.7 Å². The van der Waals surface area contributed by atoms with Crippen LogP contribution in [0.25, 0.3) is 0 Å². The van der Waals surface area contributed by atoms with Crippen molar-refractivity contribution in [3.05, 3.63) is 0 Å². The summed E-state index contributed by atoms with van der Waals surface area (Å²) in [5.74, 6) is -2.86. The smallest absolute Gasteiger partial charge is 0.481 e. The summed E-state index contributed by atoms with van der Waals surface area (Å²) in [5, 5.41) is 23.1. The average Bonchev–Trinajstić information content (AvgIpc) is 2.02. The summed E-state index contributed by atoms with van der Waals surface area (Å²) in [5.41, 5.74) is 9.41. The molecule has 78 valence electrons. The third-order valence-electron chi connectivity index (χ3n) is 1.11. The van der Waals surface area contributed by atoms with Crippen LogP contribution in [0.4, 0.5) is 0 Å². The first-order chi connectivity index (χ1) is 6.43. The van der Waals surface area contributed by atoms with Crippen LogP contribution in [0, 0.1) is 0 Å². The van der Waals surface area contributed by atoms with Crippen LogP contribution in [0.5, 0.6) is 0 Å². The summed E-state index contributed by atoms with van der Waals surface area (Å²) >= 11 is 0. The molecule has 8 nitrogen and oxygen atoms in total. The van der Waals surface area contributed by atoms with Crippen molar-refractivity contribution in [1.82, 2.24) is 0 Å². The maximum absolute atomic E-state index is 10.4. The van der Waals surface area contributed by atoms with Crippen LogP contribution in [-0.2, 0) is 9.59 Å². The van der Waals surface area contributed by atoms with Gasteiger partial charge in [0.2, 0.25) is 5.96 Å². The summed E-state index contributed by atoms with van der Waals surface area (Å²) in [6.45, 7) is 0. The Morgan fingerprint density at radius 2 is 1.60 bits per heavy atom. The topological polar surface area (TPSA) is 151 Å². The molecule has 0 saturated carbocycles. The SMILES string of the molecule is NC(N)=N/N=C(/CCC(=O)O)C(=O)O.[Na+]. The van der Waals surface area contributed by atoms with Crippen molar-refractivity contribution in [1.29, 1.82) is 0 Å². The van der Waals surface area contributed by atoms with Gasteiger partial charge in [-0.05, 0) is 0 Å². The van der Waals surface area contributed by atoms with E-state index < -0.39 is 17.7 Å². The van der Waals surface area contributed by atoms with Gasteiger partial charge < -0.3 is 21.7 Å². The molecule has 0 unspecified atom stereocenters.